The molecule has 2 saturated carbocycles. The van der Waals surface area contributed by atoms with E-state index >= 15 is 0 Å². The van der Waals surface area contributed by atoms with E-state index in [2.05, 4.69) is 43.4 Å². The first-order chi connectivity index (χ1) is 14.0. The number of hydrogen-bond donors (Lipinski definition) is 1. The van der Waals surface area contributed by atoms with Crippen molar-refractivity contribution in [3.63, 3.8) is 0 Å². The normalized spacial score (nSPS) is 24.3. The molecule has 3 aromatic rings. The number of nitrogens with zero attached hydrogens (tertiary/aromatic N) is 5. The van der Waals surface area contributed by atoms with Gasteiger partial charge in [0.1, 0.15) is 5.69 Å². The Kier molecular flexibility index (Phi) is 4.69. The second-order valence-corrected chi connectivity index (χ2v) is 9.27. The lowest BCUT2D eigenvalue weighted by Crippen LogP contribution is -2.40. The third-order valence-electron chi connectivity index (χ3n) is 6.67. The monoisotopic (exact) mass is 456 g/mol. The van der Waals surface area contributed by atoms with Gasteiger partial charge in [-0.2, -0.15) is 10.2 Å². The maximum Gasteiger partial charge on any atom is 0.272 e. The fourth-order valence-electron chi connectivity index (χ4n) is 5.21. The maximum absolute atomic E-state index is 12.9. The number of halogens is 1. The van der Waals surface area contributed by atoms with Crippen LogP contribution in [0, 0.1) is 17.8 Å². The molecule has 3 heterocycles. The average Bonchev–Trinajstić information content (AvgIpc) is 3.49. The predicted octanol–water partition coefficient (Wildman–Crippen LogP) is 3.93. The van der Waals surface area contributed by atoms with E-state index in [9.17, 15) is 4.79 Å². The quantitative estimate of drug-likeness (QED) is 0.630. The Balaban J connectivity index is 1.41. The summed E-state index contributed by atoms with van der Waals surface area (Å²) in [6.45, 7) is 4.96. The van der Waals surface area contributed by atoms with Crippen molar-refractivity contribution in [1.29, 1.82) is 0 Å². The molecular formula is C21H25BrN6O. The minimum Gasteiger partial charge on any atom is -0.348 e. The average molecular weight is 457 g/mol. The molecule has 5 rings (SSSR count). The molecule has 2 fully saturated rings. The van der Waals surface area contributed by atoms with E-state index < -0.39 is 0 Å². The van der Waals surface area contributed by atoms with Crippen molar-refractivity contribution in [3.05, 3.63) is 34.7 Å². The van der Waals surface area contributed by atoms with Gasteiger partial charge < -0.3 is 5.32 Å². The Morgan fingerprint density at radius 3 is 2.90 bits per heavy atom. The molecule has 1 N–H and O–H groups in total. The number of nitrogens with one attached hydrogen (secondary N) is 1. The summed E-state index contributed by atoms with van der Waals surface area (Å²) in [5.74, 6) is 2.11. The van der Waals surface area contributed by atoms with Crippen molar-refractivity contribution in [2.75, 3.05) is 0 Å². The number of hydrogen-bond acceptors (Lipinski definition) is 4. The molecule has 0 saturated heterocycles. The number of aromatic nitrogens is 5. The Morgan fingerprint density at radius 2 is 2.21 bits per heavy atom. The summed E-state index contributed by atoms with van der Waals surface area (Å²) in [7, 11) is 0. The summed E-state index contributed by atoms with van der Waals surface area (Å²) in [6, 6.07) is 3.79. The van der Waals surface area contributed by atoms with Crippen molar-refractivity contribution >= 4 is 27.5 Å². The molecular weight excluding hydrogens is 432 g/mol. The minimum atomic E-state index is -0.130. The molecule has 2 bridgehead atoms. The molecule has 0 radical (unpaired) electrons. The number of aryl methyl sites for hydroxylation is 1. The molecule has 2 aliphatic carbocycles. The molecule has 8 heteroatoms. The smallest absolute Gasteiger partial charge is 0.272 e. The highest BCUT2D eigenvalue weighted by Crippen LogP contribution is 2.49. The van der Waals surface area contributed by atoms with E-state index in [1.54, 1.807) is 16.8 Å². The van der Waals surface area contributed by atoms with E-state index in [1.165, 1.54) is 25.7 Å². The summed E-state index contributed by atoms with van der Waals surface area (Å²) in [5.41, 5.74) is 2.61. The van der Waals surface area contributed by atoms with Crippen LogP contribution < -0.4 is 5.32 Å². The van der Waals surface area contributed by atoms with Crippen LogP contribution in [0.2, 0.25) is 0 Å². The number of carbonyl (C=O) groups is 1. The Morgan fingerprint density at radius 1 is 1.34 bits per heavy atom. The van der Waals surface area contributed by atoms with E-state index in [0.29, 0.717) is 17.3 Å². The van der Waals surface area contributed by atoms with Crippen LogP contribution in [-0.4, -0.2) is 36.3 Å². The van der Waals surface area contributed by atoms with Gasteiger partial charge in [0.2, 0.25) is 0 Å². The van der Waals surface area contributed by atoms with Gasteiger partial charge in [-0.05, 0) is 72.9 Å². The summed E-state index contributed by atoms with van der Waals surface area (Å²) in [4.78, 5) is 17.3. The molecule has 29 heavy (non-hydrogen) atoms. The second kappa shape index (κ2) is 7.23. The first-order valence-electron chi connectivity index (χ1n) is 10.4. The van der Waals surface area contributed by atoms with Crippen molar-refractivity contribution in [2.24, 2.45) is 17.8 Å². The van der Waals surface area contributed by atoms with Crippen LogP contribution in [0.25, 0.3) is 17.0 Å². The molecule has 4 unspecified atom stereocenters. The van der Waals surface area contributed by atoms with E-state index in [-0.39, 0.29) is 11.9 Å². The predicted molar refractivity (Wildman–Crippen MR) is 113 cm³/mol. The Bertz CT molecular complexity index is 1070. The maximum atomic E-state index is 12.9. The first kappa shape index (κ1) is 18.8. The number of amides is 1. The summed E-state index contributed by atoms with van der Waals surface area (Å²) in [6.07, 6.45) is 8.93. The van der Waals surface area contributed by atoms with Gasteiger partial charge in [-0.25, -0.2) is 9.50 Å². The lowest BCUT2D eigenvalue weighted by molar-refractivity contribution is 0.0910. The standard InChI is InChI=1S/C21H25BrN6O/c1-3-27-11-16(22)20(26-27)18-6-7-23-19-10-17(25-28(18)19)21(29)24-12(2)15-9-13-4-5-14(15)8-13/h6-7,10-15H,3-5,8-9H2,1-2H3,(H,24,29). The van der Waals surface area contributed by atoms with Crippen LogP contribution in [0.1, 0.15) is 50.0 Å². The highest BCUT2D eigenvalue weighted by molar-refractivity contribution is 9.10. The van der Waals surface area contributed by atoms with Gasteiger partial charge in [0.05, 0.1) is 10.2 Å². The van der Waals surface area contributed by atoms with Crippen molar-refractivity contribution in [2.45, 2.75) is 52.1 Å². The van der Waals surface area contributed by atoms with Crippen molar-refractivity contribution in [3.8, 4) is 11.4 Å². The van der Waals surface area contributed by atoms with Crippen LogP contribution in [0.3, 0.4) is 0 Å². The van der Waals surface area contributed by atoms with Crippen LogP contribution in [0.15, 0.2) is 29.0 Å². The third kappa shape index (κ3) is 3.27. The molecule has 3 aromatic heterocycles. The molecule has 152 valence electrons. The van der Waals surface area contributed by atoms with E-state index in [4.69, 9.17) is 0 Å². The molecule has 7 nitrogen and oxygen atoms in total. The highest BCUT2D eigenvalue weighted by atomic mass is 79.9. The fraction of sp³-hybridized carbons (Fsp3) is 0.524. The minimum absolute atomic E-state index is 0.130. The van der Waals surface area contributed by atoms with Crippen LogP contribution >= 0.6 is 15.9 Å². The molecule has 0 aromatic carbocycles. The molecule has 4 atom stereocenters. The van der Waals surface area contributed by atoms with Crippen molar-refractivity contribution in [1.82, 2.24) is 29.7 Å². The Hall–Kier alpha value is -2.22. The second-order valence-electron chi connectivity index (χ2n) is 8.41. The lowest BCUT2D eigenvalue weighted by atomic mass is 9.84. The number of rotatable bonds is 5. The molecule has 0 aliphatic heterocycles. The molecule has 1 amide bonds. The summed E-state index contributed by atoms with van der Waals surface area (Å²) >= 11 is 3.58. The van der Waals surface area contributed by atoms with Gasteiger partial charge in [-0.1, -0.05) is 6.42 Å². The zero-order valence-corrected chi connectivity index (χ0v) is 18.3. The van der Waals surface area contributed by atoms with Gasteiger partial charge in [0.25, 0.3) is 5.91 Å². The summed E-state index contributed by atoms with van der Waals surface area (Å²) < 4.78 is 4.45. The highest BCUT2D eigenvalue weighted by Gasteiger charge is 2.42. The zero-order chi connectivity index (χ0) is 20.1. The van der Waals surface area contributed by atoms with Gasteiger partial charge in [-0.3, -0.25) is 9.48 Å². The topological polar surface area (TPSA) is 77.1 Å². The lowest BCUT2D eigenvalue weighted by Gasteiger charge is -2.28. The van der Waals surface area contributed by atoms with Crippen LogP contribution in [0.4, 0.5) is 0 Å². The molecule has 0 spiro atoms. The van der Waals surface area contributed by atoms with Crippen LogP contribution in [0.5, 0.6) is 0 Å². The van der Waals surface area contributed by atoms with Gasteiger partial charge in [0.15, 0.2) is 11.3 Å². The van der Waals surface area contributed by atoms with E-state index in [0.717, 1.165) is 34.2 Å². The zero-order valence-electron chi connectivity index (χ0n) is 16.7. The van der Waals surface area contributed by atoms with Crippen LogP contribution in [-0.2, 0) is 6.54 Å². The number of fused-ring (bicyclic) bond motifs is 3. The van der Waals surface area contributed by atoms with Gasteiger partial charge in [-0.15, -0.1) is 0 Å². The van der Waals surface area contributed by atoms with Gasteiger partial charge in [0, 0.05) is 31.0 Å². The largest absolute Gasteiger partial charge is 0.348 e. The van der Waals surface area contributed by atoms with E-state index in [1.807, 2.05) is 23.9 Å². The van der Waals surface area contributed by atoms with Gasteiger partial charge >= 0.3 is 0 Å². The van der Waals surface area contributed by atoms with Crippen molar-refractivity contribution < 1.29 is 4.79 Å². The summed E-state index contributed by atoms with van der Waals surface area (Å²) in [5, 5.41) is 12.4. The number of carbonyl (C=O) groups excluding carboxylic acids is 1. The molecule has 2 aliphatic rings. The fourth-order valence-corrected chi connectivity index (χ4v) is 5.73. The first-order valence-corrected chi connectivity index (χ1v) is 11.2. The third-order valence-corrected chi connectivity index (χ3v) is 7.25. The Labute approximate surface area is 178 Å². The SMILES string of the molecule is CCn1cc(Br)c(-c2ccnc3cc(C(=O)NC(C)C4CC5CCC4C5)nn23)n1.